The van der Waals surface area contributed by atoms with Crippen LogP contribution >= 0.6 is 11.6 Å². The van der Waals surface area contributed by atoms with Gasteiger partial charge in [0.15, 0.2) is 11.1 Å². The Morgan fingerprint density at radius 3 is 2.83 bits per heavy atom. The second-order valence-corrected chi connectivity index (χ2v) is 5.70. The Hall–Kier alpha value is -2.04. The van der Waals surface area contributed by atoms with Crippen LogP contribution in [-0.4, -0.2) is 41.5 Å². The molecule has 0 saturated carbocycles. The summed E-state index contributed by atoms with van der Waals surface area (Å²) in [6.07, 6.45) is 0. The van der Waals surface area contributed by atoms with E-state index in [1.165, 1.54) is 16.8 Å². The van der Waals surface area contributed by atoms with Crippen LogP contribution in [0.25, 0.3) is 0 Å². The van der Waals surface area contributed by atoms with E-state index in [0.717, 1.165) is 0 Å². The number of amides is 1. The number of benzene rings is 1. The van der Waals surface area contributed by atoms with Gasteiger partial charge in [-0.3, -0.25) is 10.1 Å². The number of nitrogens with one attached hydrogen (secondary N) is 1. The summed E-state index contributed by atoms with van der Waals surface area (Å²) in [5.41, 5.74) is 0.583. The summed E-state index contributed by atoms with van der Waals surface area (Å²) in [7, 11) is 1.57. The van der Waals surface area contributed by atoms with Crippen LogP contribution in [-0.2, 0) is 23.9 Å². The molecule has 1 atom stereocenters. The van der Waals surface area contributed by atoms with Gasteiger partial charge in [-0.15, -0.1) is 0 Å². The highest BCUT2D eigenvalue weighted by molar-refractivity contribution is 7.78. The van der Waals surface area contributed by atoms with Crippen LogP contribution in [0.15, 0.2) is 12.1 Å². The highest BCUT2D eigenvalue weighted by Crippen LogP contribution is 2.33. The first-order chi connectivity index (χ1) is 10.9. The summed E-state index contributed by atoms with van der Waals surface area (Å²) in [5.74, 6) is -0.306. The van der Waals surface area contributed by atoms with Crippen LogP contribution < -0.4 is 10.1 Å². The van der Waals surface area contributed by atoms with Gasteiger partial charge in [-0.2, -0.15) is 0 Å². The van der Waals surface area contributed by atoms with Crippen molar-refractivity contribution in [3.63, 3.8) is 0 Å². The second kappa shape index (κ2) is 7.49. The van der Waals surface area contributed by atoms with E-state index in [-0.39, 0.29) is 28.0 Å². The van der Waals surface area contributed by atoms with Gasteiger partial charge in [-0.1, -0.05) is 22.8 Å². The standard InChI is InChI=1S/C12H14ClN5O4S/c1-3-22-10-7(6-23(20)21)4-5-8(9(10)13)11(19)14-12-15-16-17-18(12)2/h4-5H,3,6H2,1-2H3,(H,20,21)(H,14,15,17,19). The van der Waals surface area contributed by atoms with E-state index in [1.54, 1.807) is 14.0 Å². The molecule has 0 bridgehead atoms. The third-order valence-electron chi connectivity index (χ3n) is 2.84. The number of hydrogen-bond acceptors (Lipinski definition) is 6. The SMILES string of the molecule is CCOc1c(CS(=O)O)ccc(C(=O)Nc2nnnn2C)c1Cl. The molecule has 0 aliphatic heterocycles. The lowest BCUT2D eigenvalue weighted by molar-refractivity contribution is 0.102. The summed E-state index contributed by atoms with van der Waals surface area (Å²) in [4.78, 5) is 12.3. The van der Waals surface area contributed by atoms with Crippen molar-refractivity contribution in [1.29, 1.82) is 0 Å². The summed E-state index contributed by atoms with van der Waals surface area (Å²) >= 11 is 4.17. The molecule has 0 radical (unpaired) electrons. The Morgan fingerprint density at radius 2 is 2.26 bits per heavy atom. The Morgan fingerprint density at radius 1 is 1.52 bits per heavy atom. The number of ether oxygens (including phenoxy) is 1. The molecule has 9 nitrogen and oxygen atoms in total. The van der Waals surface area contributed by atoms with Gasteiger partial charge in [-0.05, 0) is 23.4 Å². The summed E-state index contributed by atoms with van der Waals surface area (Å²) < 4.78 is 26.8. The number of carbonyl (C=O) groups excluding carboxylic acids is 1. The molecule has 2 N–H and O–H groups in total. The lowest BCUT2D eigenvalue weighted by atomic mass is 10.1. The molecule has 0 aliphatic rings. The van der Waals surface area contributed by atoms with E-state index in [9.17, 15) is 9.00 Å². The van der Waals surface area contributed by atoms with Crippen LogP contribution in [0.1, 0.15) is 22.8 Å². The van der Waals surface area contributed by atoms with E-state index >= 15 is 0 Å². The van der Waals surface area contributed by atoms with Crippen molar-refractivity contribution in [3.8, 4) is 5.75 Å². The molecule has 1 heterocycles. The van der Waals surface area contributed by atoms with Crippen molar-refractivity contribution in [2.75, 3.05) is 11.9 Å². The number of aromatic nitrogens is 4. The Bertz CT molecular complexity index is 751. The minimum absolute atomic E-state index is 0.0578. The molecule has 1 aromatic heterocycles. The molecule has 23 heavy (non-hydrogen) atoms. The molecule has 124 valence electrons. The summed E-state index contributed by atoms with van der Waals surface area (Å²) in [5, 5.41) is 13.2. The highest BCUT2D eigenvalue weighted by atomic mass is 35.5. The van der Waals surface area contributed by atoms with Crippen LogP contribution in [0, 0.1) is 0 Å². The van der Waals surface area contributed by atoms with E-state index in [4.69, 9.17) is 20.9 Å². The smallest absolute Gasteiger partial charge is 0.259 e. The average Bonchev–Trinajstić information content (AvgIpc) is 2.87. The number of aryl methyl sites for hydroxylation is 1. The van der Waals surface area contributed by atoms with Crippen molar-refractivity contribution < 1.29 is 18.3 Å². The number of rotatable bonds is 6. The molecular formula is C12H14ClN5O4S. The fourth-order valence-corrected chi connectivity index (χ4v) is 2.64. The van der Waals surface area contributed by atoms with Crippen LogP contribution in [0.5, 0.6) is 5.75 Å². The maximum absolute atomic E-state index is 12.3. The maximum Gasteiger partial charge on any atom is 0.259 e. The highest BCUT2D eigenvalue weighted by Gasteiger charge is 2.20. The summed E-state index contributed by atoms with van der Waals surface area (Å²) in [6.45, 7) is 2.04. The molecule has 1 unspecified atom stereocenters. The number of carbonyl (C=O) groups is 1. The zero-order valence-electron chi connectivity index (χ0n) is 12.3. The van der Waals surface area contributed by atoms with Gasteiger partial charge in [0.2, 0.25) is 5.95 Å². The number of hydrogen-bond donors (Lipinski definition) is 2. The third-order valence-corrected chi connectivity index (χ3v) is 3.77. The molecule has 1 aromatic carbocycles. The number of nitrogens with zero attached hydrogens (tertiary/aromatic N) is 4. The molecule has 0 spiro atoms. The Kier molecular flexibility index (Phi) is 5.64. The van der Waals surface area contributed by atoms with Gasteiger partial charge >= 0.3 is 0 Å². The van der Waals surface area contributed by atoms with Crippen LogP contribution in [0.2, 0.25) is 5.02 Å². The largest absolute Gasteiger partial charge is 0.492 e. The number of anilines is 1. The number of halogens is 1. The van der Waals surface area contributed by atoms with Gasteiger partial charge in [0, 0.05) is 12.6 Å². The van der Waals surface area contributed by atoms with Gasteiger partial charge in [-0.25, -0.2) is 8.89 Å². The van der Waals surface area contributed by atoms with Crippen molar-refractivity contribution in [2.45, 2.75) is 12.7 Å². The fraction of sp³-hybridized carbons (Fsp3) is 0.333. The van der Waals surface area contributed by atoms with E-state index in [1.807, 2.05) is 0 Å². The molecule has 2 aromatic rings. The monoisotopic (exact) mass is 359 g/mol. The molecule has 0 aliphatic carbocycles. The van der Waals surface area contributed by atoms with Crippen LogP contribution in [0.4, 0.5) is 5.95 Å². The van der Waals surface area contributed by atoms with E-state index in [0.29, 0.717) is 12.2 Å². The first-order valence-corrected chi connectivity index (χ1v) is 8.14. The quantitative estimate of drug-likeness (QED) is 0.744. The van der Waals surface area contributed by atoms with Gasteiger partial charge in [0.1, 0.15) is 5.75 Å². The van der Waals surface area contributed by atoms with Gasteiger partial charge in [0.05, 0.1) is 22.9 Å². The first kappa shape index (κ1) is 17.3. The minimum atomic E-state index is -2.05. The van der Waals surface area contributed by atoms with Crippen molar-refractivity contribution in [3.05, 3.63) is 28.3 Å². The lowest BCUT2D eigenvalue weighted by Gasteiger charge is -2.14. The lowest BCUT2D eigenvalue weighted by Crippen LogP contribution is -2.16. The Balaban J connectivity index is 2.35. The second-order valence-electron chi connectivity index (χ2n) is 4.39. The number of tetrazole rings is 1. The third kappa shape index (κ3) is 4.03. The van der Waals surface area contributed by atoms with E-state index < -0.39 is 17.0 Å². The molecule has 1 amide bonds. The molecular weight excluding hydrogens is 346 g/mol. The fourth-order valence-electron chi connectivity index (χ4n) is 1.82. The van der Waals surface area contributed by atoms with Gasteiger partial charge in [0.25, 0.3) is 5.91 Å². The van der Waals surface area contributed by atoms with Crippen LogP contribution in [0.3, 0.4) is 0 Å². The topological polar surface area (TPSA) is 119 Å². The van der Waals surface area contributed by atoms with Crippen molar-refractivity contribution >= 4 is 34.5 Å². The Labute approximate surface area is 139 Å². The molecule has 0 fully saturated rings. The van der Waals surface area contributed by atoms with Crippen molar-refractivity contribution in [1.82, 2.24) is 20.2 Å². The molecule has 0 saturated heterocycles. The zero-order chi connectivity index (χ0) is 17.0. The maximum atomic E-state index is 12.3. The normalized spacial score (nSPS) is 12.0. The predicted octanol–water partition coefficient (Wildman–Crippen LogP) is 1.24. The van der Waals surface area contributed by atoms with Crippen molar-refractivity contribution in [2.24, 2.45) is 7.05 Å². The zero-order valence-corrected chi connectivity index (χ0v) is 13.9. The average molecular weight is 360 g/mol. The minimum Gasteiger partial charge on any atom is -0.492 e. The van der Waals surface area contributed by atoms with Gasteiger partial charge < -0.3 is 9.29 Å². The predicted molar refractivity (Wildman–Crippen MR) is 83.8 cm³/mol. The summed E-state index contributed by atoms with van der Waals surface area (Å²) in [6, 6.07) is 2.97. The first-order valence-electron chi connectivity index (χ1n) is 6.49. The molecule has 2 rings (SSSR count). The van der Waals surface area contributed by atoms with E-state index in [2.05, 4.69) is 20.8 Å². The molecule has 11 heteroatoms.